The Labute approximate surface area is 70.8 Å². The highest BCUT2D eigenvalue weighted by Crippen LogP contribution is 2.13. The van der Waals surface area contributed by atoms with Gasteiger partial charge in [0.1, 0.15) is 0 Å². The van der Waals surface area contributed by atoms with Gasteiger partial charge >= 0.3 is 0 Å². The quantitative estimate of drug-likeness (QED) is 0.671. The average molecular weight is 165 g/mol. The van der Waals surface area contributed by atoms with E-state index in [1.165, 1.54) is 6.20 Å². The molecule has 0 saturated carbocycles. The van der Waals surface area contributed by atoms with Crippen LogP contribution in [0.25, 0.3) is 0 Å². The van der Waals surface area contributed by atoms with E-state index in [-0.39, 0.29) is 0 Å². The highest BCUT2D eigenvalue weighted by molar-refractivity contribution is 5.98. The first-order valence-electron chi connectivity index (χ1n) is 3.59. The molecule has 0 saturated heterocycles. The number of amides is 1. The fraction of sp³-hybridized carbons (Fsp3) is 0.250. The summed E-state index contributed by atoms with van der Waals surface area (Å²) in [6, 6.07) is 1.78. The molecule has 0 bridgehead atoms. The summed E-state index contributed by atoms with van der Waals surface area (Å²) >= 11 is 0. The molecule has 1 amide bonds. The zero-order chi connectivity index (χ0) is 9.14. The predicted molar refractivity (Wildman–Crippen MR) is 47.0 cm³/mol. The number of aryl methyl sites for hydroxylation is 1. The Hall–Kier alpha value is -1.58. The van der Waals surface area contributed by atoms with Gasteiger partial charge in [0.2, 0.25) is 0 Å². The summed E-state index contributed by atoms with van der Waals surface area (Å²) in [7, 11) is 1.74. The molecule has 1 heterocycles. The molecule has 4 heteroatoms. The predicted octanol–water partition coefficient (Wildman–Crippen LogP) is 0.531. The summed E-state index contributed by atoms with van der Waals surface area (Å²) in [5.74, 6) is -0.466. The largest absolute Gasteiger partial charge is 0.387 e. The number of nitrogens with one attached hydrogen (secondary N) is 1. The van der Waals surface area contributed by atoms with Crippen LogP contribution in [0.3, 0.4) is 0 Å². The summed E-state index contributed by atoms with van der Waals surface area (Å²) in [6.45, 7) is 1.85. The van der Waals surface area contributed by atoms with Crippen molar-refractivity contribution in [2.75, 3.05) is 12.4 Å². The van der Waals surface area contributed by atoms with Gasteiger partial charge in [0.25, 0.3) is 5.91 Å². The molecule has 4 nitrogen and oxygen atoms in total. The molecule has 0 radical (unpaired) electrons. The Balaban J connectivity index is 3.20. The lowest BCUT2D eigenvalue weighted by Gasteiger charge is -2.05. The number of carbonyl (C=O) groups is 1. The minimum Gasteiger partial charge on any atom is -0.387 e. The summed E-state index contributed by atoms with van der Waals surface area (Å²) in [5, 5.41) is 2.88. The third-order valence-electron chi connectivity index (χ3n) is 1.58. The number of hydrogen-bond donors (Lipinski definition) is 2. The van der Waals surface area contributed by atoms with E-state index in [4.69, 9.17) is 5.73 Å². The minimum absolute atomic E-state index is 0.420. The van der Waals surface area contributed by atoms with E-state index in [2.05, 4.69) is 10.3 Å². The lowest BCUT2D eigenvalue weighted by Crippen LogP contribution is -2.14. The van der Waals surface area contributed by atoms with Crippen molar-refractivity contribution in [3.8, 4) is 0 Å². The molecule has 1 aromatic heterocycles. The molecule has 0 aliphatic carbocycles. The second-order valence-electron chi connectivity index (χ2n) is 2.49. The molecular formula is C8H11N3O. The minimum atomic E-state index is -0.466. The maximum Gasteiger partial charge on any atom is 0.252 e. The first-order valence-corrected chi connectivity index (χ1v) is 3.59. The number of pyridine rings is 1. The van der Waals surface area contributed by atoms with Gasteiger partial charge in [0.15, 0.2) is 0 Å². The summed E-state index contributed by atoms with van der Waals surface area (Å²) in [6.07, 6.45) is 1.48. The Kier molecular flexibility index (Phi) is 2.28. The highest BCUT2D eigenvalue weighted by atomic mass is 16.1. The summed E-state index contributed by atoms with van der Waals surface area (Å²) in [5.41, 5.74) is 7.11. The van der Waals surface area contributed by atoms with Crippen molar-refractivity contribution in [3.63, 3.8) is 0 Å². The van der Waals surface area contributed by atoms with Crippen LogP contribution in [0.4, 0.5) is 5.69 Å². The van der Waals surface area contributed by atoms with E-state index in [0.29, 0.717) is 5.56 Å². The van der Waals surface area contributed by atoms with Crippen LogP contribution in [0, 0.1) is 6.92 Å². The molecule has 0 fully saturated rings. The Morgan fingerprint density at radius 3 is 2.83 bits per heavy atom. The molecule has 3 N–H and O–H groups in total. The Morgan fingerprint density at radius 1 is 1.67 bits per heavy atom. The number of aromatic nitrogens is 1. The Morgan fingerprint density at radius 2 is 2.33 bits per heavy atom. The molecule has 0 aliphatic rings. The molecule has 0 atom stereocenters. The van der Waals surface area contributed by atoms with Gasteiger partial charge in [-0.05, 0) is 13.0 Å². The third kappa shape index (κ3) is 1.53. The van der Waals surface area contributed by atoms with Crippen molar-refractivity contribution < 1.29 is 4.79 Å². The molecule has 1 aromatic rings. The lowest BCUT2D eigenvalue weighted by molar-refractivity contribution is 0.100. The molecule has 64 valence electrons. The van der Waals surface area contributed by atoms with Gasteiger partial charge in [0.05, 0.1) is 11.3 Å². The van der Waals surface area contributed by atoms with Gasteiger partial charge in [-0.1, -0.05) is 0 Å². The molecule has 1 rings (SSSR count). The number of carbonyl (C=O) groups excluding carboxylic acids is 1. The molecule has 0 unspecified atom stereocenters. The molecule has 12 heavy (non-hydrogen) atoms. The number of rotatable bonds is 2. The van der Waals surface area contributed by atoms with Crippen LogP contribution < -0.4 is 11.1 Å². The standard InChI is InChI=1S/C8H11N3O/c1-5-3-7(10-2)6(4-11-5)8(9)12/h3-4H,1-2H3,(H2,9,12)(H,10,11). The van der Waals surface area contributed by atoms with Gasteiger partial charge in [-0.2, -0.15) is 0 Å². The number of anilines is 1. The van der Waals surface area contributed by atoms with Crippen LogP contribution in [0.5, 0.6) is 0 Å². The molecule has 0 spiro atoms. The van der Waals surface area contributed by atoms with Gasteiger partial charge in [-0.3, -0.25) is 9.78 Å². The van der Waals surface area contributed by atoms with Crippen LogP contribution in [-0.4, -0.2) is 17.9 Å². The van der Waals surface area contributed by atoms with Gasteiger partial charge < -0.3 is 11.1 Å². The Bertz CT molecular complexity index is 309. The number of hydrogen-bond acceptors (Lipinski definition) is 3. The topological polar surface area (TPSA) is 68.0 Å². The zero-order valence-electron chi connectivity index (χ0n) is 7.09. The summed E-state index contributed by atoms with van der Waals surface area (Å²) in [4.78, 5) is 14.8. The number of nitrogens with zero attached hydrogens (tertiary/aromatic N) is 1. The van der Waals surface area contributed by atoms with E-state index in [1.807, 2.05) is 6.92 Å². The first-order chi connectivity index (χ1) is 5.65. The third-order valence-corrected chi connectivity index (χ3v) is 1.58. The SMILES string of the molecule is CNc1cc(C)ncc1C(N)=O. The zero-order valence-corrected chi connectivity index (χ0v) is 7.09. The van der Waals surface area contributed by atoms with Crippen LogP contribution >= 0.6 is 0 Å². The van der Waals surface area contributed by atoms with E-state index in [1.54, 1.807) is 13.1 Å². The van der Waals surface area contributed by atoms with E-state index < -0.39 is 5.91 Å². The van der Waals surface area contributed by atoms with Crippen molar-refractivity contribution in [2.24, 2.45) is 5.73 Å². The van der Waals surface area contributed by atoms with E-state index in [9.17, 15) is 4.79 Å². The lowest BCUT2D eigenvalue weighted by atomic mass is 10.2. The van der Waals surface area contributed by atoms with Crippen molar-refractivity contribution >= 4 is 11.6 Å². The van der Waals surface area contributed by atoms with Gasteiger partial charge in [-0.15, -0.1) is 0 Å². The first kappa shape index (κ1) is 8.52. The van der Waals surface area contributed by atoms with Crippen molar-refractivity contribution in [2.45, 2.75) is 6.92 Å². The maximum atomic E-state index is 10.8. The van der Waals surface area contributed by atoms with Crippen LogP contribution in [0.15, 0.2) is 12.3 Å². The fourth-order valence-electron chi connectivity index (χ4n) is 0.963. The summed E-state index contributed by atoms with van der Waals surface area (Å²) < 4.78 is 0. The molecular weight excluding hydrogens is 154 g/mol. The van der Waals surface area contributed by atoms with Crippen LogP contribution in [-0.2, 0) is 0 Å². The fourth-order valence-corrected chi connectivity index (χ4v) is 0.963. The number of nitrogens with two attached hydrogens (primary N) is 1. The van der Waals surface area contributed by atoms with Crippen molar-refractivity contribution in [3.05, 3.63) is 23.5 Å². The van der Waals surface area contributed by atoms with Crippen LogP contribution in [0.2, 0.25) is 0 Å². The van der Waals surface area contributed by atoms with E-state index >= 15 is 0 Å². The van der Waals surface area contributed by atoms with Crippen molar-refractivity contribution in [1.82, 2.24) is 4.98 Å². The number of primary amides is 1. The second kappa shape index (κ2) is 3.21. The maximum absolute atomic E-state index is 10.8. The molecule has 0 aromatic carbocycles. The second-order valence-corrected chi connectivity index (χ2v) is 2.49. The van der Waals surface area contributed by atoms with Crippen molar-refractivity contribution in [1.29, 1.82) is 0 Å². The van der Waals surface area contributed by atoms with E-state index in [0.717, 1.165) is 11.4 Å². The van der Waals surface area contributed by atoms with Gasteiger partial charge in [-0.25, -0.2) is 0 Å². The smallest absolute Gasteiger partial charge is 0.252 e. The van der Waals surface area contributed by atoms with Crippen LogP contribution in [0.1, 0.15) is 16.1 Å². The average Bonchev–Trinajstić information content (AvgIpc) is 2.03. The highest BCUT2D eigenvalue weighted by Gasteiger charge is 2.06. The monoisotopic (exact) mass is 165 g/mol. The van der Waals surface area contributed by atoms with Gasteiger partial charge in [0, 0.05) is 18.9 Å². The molecule has 0 aliphatic heterocycles. The normalized spacial score (nSPS) is 9.50.